The number of allylic oxidation sites excluding steroid dienone is 2. The summed E-state index contributed by atoms with van der Waals surface area (Å²) >= 11 is 1.77. The summed E-state index contributed by atoms with van der Waals surface area (Å²) in [7, 11) is 0. The van der Waals surface area contributed by atoms with E-state index in [9.17, 15) is 9.90 Å². The molecule has 4 aromatic heterocycles. The van der Waals surface area contributed by atoms with E-state index in [0.29, 0.717) is 0 Å². The molecule has 6 aromatic rings. The molecule has 0 aliphatic heterocycles. The number of pyridine rings is 1. The Morgan fingerprint density at radius 1 is 0.896 bits per heavy atom. The number of thiophene rings is 1. The first kappa shape index (κ1) is 37.6. The molecule has 5 nitrogen and oxygen atoms in total. The number of aliphatic hydroxyl groups excluding tert-OH is 1. The fraction of sp³-hybridized carbons (Fsp3) is 0.415. The van der Waals surface area contributed by atoms with E-state index in [1.165, 1.54) is 16.3 Å². The largest absolute Gasteiger partial charge is 0.512 e. The molecule has 0 aliphatic carbocycles. The van der Waals surface area contributed by atoms with Gasteiger partial charge in [-0.3, -0.25) is 9.78 Å². The normalized spacial score (nSPS) is 12.8. The van der Waals surface area contributed by atoms with Gasteiger partial charge in [0.25, 0.3) is 0 Å². The van der Waals surface area contributed by atoms with Crippen molar-refractivity contribution in [3.63, 3.8) is 0 Å². The Morgan fingerprint density at radius 2 is 1.54 bits per heavy atom. The van der Waals surface area contributed by atoms with Crippen LogP contribution >= 0.6 is 11.3 Å². The number of fused-ring (bicyclic) bond motifs is 6. The van der Waals surface area contributed by atoms with Gasteiger partial charge in [0.15, 0.2) is 5.78 Å². The topological polar surface area (TPSA) is 76.5 Å². The van der Waals surface area contributed by atoms with Crippen molar-refractivity contribution in [3.05, 3.63) is 77.2 Å². The minimum atomic E-state index is -0.337. The number of nitrogens with zero attached hydrogens (tertiary/aromatic N) is 1. The Labute approximate surface area is 302 Å². The number of carbonyl (C=O) groups is 1. The summed E-state index contributed by atoms with van der Waals surface area (Å²) in [6.07, 6.45) is 6.57. The molecular weight excluding hydrogens is 795 g/mol. The van der Waals surface area contributed by atoms with Crippen molar-refractivity contribution in [1.82, 2.24) is 4.98 Å². The Balaban J connectivity index is 0.000000251. The van der Waals surface area contributed by atoms with Gasteiger partial charge in [-0.2, -0.15) is 11.3 Å². The van der Waals surface area contributed by atoms with Crippen molar-refractivity contribution in [2.75, 3.05) is 0 Å². The quantitative estimate of drug-likeness (QED) is 0.0938. The summed E-state index contributed by atoms with van der Waals surface area (Å²) in [6.45, 7) is 20.8. The first-order valence-corrected chi connectivity index (χ1v) is 17.7. The van der Waals surface area contributed by atoms with Crippen molar-refractivity contribution >= 4 is 60.1 Å². The molecule has 1 N–H and O–H groups in total. The van der Waals surface area contributed by atoms with Crippen molar-refractivity contribution in [2.24, 2.45) is 10.8 Å². The number of rotatable bonds is 8. The van der Waals surface area contributed by atoms with Gasteiger partial charge >= 0.3 is 0 Å². The van der Waals surface area contributed by atoms with Crippen LogP contribution in [0, 0.1) is 23.8 Å². The number of hydrogen-bond acceptors (Lipinski definition) is 6. The zero-order valence-electron chi connectivity index (χ0n) is 29.9. The summed E-state index contributed by atoms with van der Waals surface area (Å²) in [5.41, 5.74) is 5.07. The van der Waals surface area contributed by atoms with Gasteiger partial charge in [0.2, 0.25) is 0 Å². The molecule has 2 aromatic carbocycles. The molecule has 7 heteroatoms. The van der Waals surface area contributed by atoms with E-state index in [4.69, 9.17) is 13.8 Å². The van der Waals surface area contributed by atoms with Gasteiger partial charge in [-0.25, -0.2) is 0 Å². The van der Waals surface area contributed by atoms with Crippen LogP contribution in [0.1, 0.15) is 99.3 Å². The maximum Gasteiger partial charge on any atom is 0.164 e. The summed E-state index contributed by atoms with van der Waals surface area (Å²) in [4.78, 5) is 17.0. The first-order valence-electron chi connectivity index (χ1n) is 16.8. The molecule has 257 valence electrons. The second-order valence-electron chi connectivity index (χ2n) is 14.3. The SMILES string of the molecule is CCC(C)(CC)C(=O)/C=C(\O)C(C)(CC)CC.Cc1cc2ccc3oc4ccnc(-c5[c-]c6ccsc6c(C(C)(C)C)c5)c4c3c2o1.[Ir]. The van der Waals surface area contributed by atoms with Crippen LogP contribution in [0.15, 0.2) is 68.6 Å². The third-order valence-corrected chi connectivity index (χ3v) is 11.2. The fourth-order valence-electron chi connectivity index (χ4n) is 6.00. The summed E-state index contributed by atoms with van der Waals surface area (Å²) in [6, 6.07) is 16.0. The van der Waals surface area contributed by atoms with Crippen LogP contribution in [0.4, 0.5) is 0 Å². The first-order chi connectivity index (χ1) is 22.2. The maximum absolute atomic E-state index is 12.2. The molecule has 4 heterocycles. The molecule has 0 unspecified atom stereocenters. The summed E-state index contributed by atoms with van der Waals surface area (Å²) in [5.74, 6) is 1.17. The van der Waals surface area contributed by atoms with E-state index in [1.54, 1.807) is 11.3 Å². The van der Waals surface area contributed by atoms with Crippen LogP contribution in [0.3, 0.4) is 0 Å². The van der Waals surface area contributed by atoms with Gasteiger partial charge < -0.3 is 13.9 Å². The van der Waals surface area contributed by atoms with Crippen LogP contribution in [0.2, 0.25) is 0 Å². The summed E-state index contributed by atoms with van der Waals surface area (Å²) < 4.78 is 13.6. The second kappa shape index (κ2) is 14.3. The molecule has 0 spiro atoms. The molecule has 1 radical (unpaired) electrons. The summed E-state index contributed by atoms with van der Waals surface area (Å²) in [5, 5.41) is 16.4. The van der Waals surface area contributed by atoms with Gasteiger partial charge in [-0.15, -0.1) is 23.6 Å². The van der Waals surface area contributed by atoms with Gasteiger partial charge in [-0.05, 0) is 72.4 Å². The minimum Gasteiger partial charge on any atom is -0.512 e. The van der Waals surface area contributed by atoms with Crippen LogP contribution in [0.25, 0.3) is 54.3 Å². The molecular formula is C41H48IrNO4S-. The number of hydrogen-bond donors (Lipinski definition) is 1. The molecule has 0 atom stereocenters. The van der Waals surface area contributed by atoms with Crippen LogP contribution in [0.5, 0.6) is 0 Å². The van der Waals surface area contributed by atoms with E-state index in [1.807, 2.05) is 72.9 Å². The van der Waals surface area contributed by atoms with Crippen molar-refractivity contribution in [1.29, 1.82) is 0 Å². The zero-order valence-corrected chi connectivity index (χ0v) is 33.1. The van der Waals surface area contributed by atoms with Gasteiger partial charge in [0.05, 0.1) is 5.39 Å². The zero-order chi connectivity index (χ0) is 34.3. The molecule has 48 heavy (non-hydrogen) atoms. The van der Waals surface area contributed by atoms with Crippen molar-refractivity contribution < 1.29 is 38.8 Å². The molecule has 0 saturated carbocycles. The van der Waals surface area contributed by atoms with Crippen LogP contribution in [-0.4, -0.2) is 15.9 Å². The van der Waals surface area contributed by atoms with Crippen LogP contribution in [-0.2, 0) is 30.3 Å². The fourth-order valence-corrected chi connectivity index (χ4v) is 7.08. The molecule has 0 amide bonds. The van der Waals surface area contributed by atoms with Crippen molar-refractivity contribution in [2.45, 2.75) is 100 Å². The Kier molecular flexibility index (Phi) is 11.2. The average Bonchev–Trinajstić information content (AvgIpc) is 3.78. The third kappa shape index (κ3) is 6.92. The number of ketones is 1. The number of aryl methyl sites for hydroxylation is 1. The molecule has 0 saturated heterocycles. The van der Waals surface area contributed by atoms with E-state index < -0.39 is 0 Å². The Bertz CT molecular complexity index is 2100. The molecule has 0 bridgehead atoms. The molecule has 0 aliphatic rings. The number of benzene rings is 2. The third-order valence-electron chi connectivity index (χ3n) is 10.3. The Morgan fingerprint density at radius 3 is 2.17 bits per heavy atom. The van der Waals surface area contributed by atoms with Gasteiger partial charge in [-0.1, -0.05) is 73.4 Å². The monoisotopic (exact) mass is 843 g/mol. The van der Waals surface area contributed by atoms with Gasteiger partial charge in [0.1, 0.15) is 28.3 Å². The minimum absolute atomic E-state index is 0. The molecule has 6 rings (SSSR count). The second-order valence-corrected chi connectivity index (χ2v) is 15.2. The smallest absolute Gasteiger partial charge is 0.164 e. The standard InChI is InChI=1S/C26H20NO2S.C15H28O2.Ir/c1-14-11-15-5-6-19-22(24(15)28-14)21-20(29-19)7-9-27-23(21)17-12-16-8-10-30-25(16)18(13-17)26(2,3)4;1-7-14(5,8-2)12(16)11-13(17)15(6,9-3)10-4;/h5-11,13H,1-4H3;11,16H,7-10H2,1-6H3;/q-1;;/b;12-11-;. The van der Waals surface area contributed by atoms with E-state index in [-0.39, 0.29) is 47.9 Å². The predicted octanol–water partition coefficient (Wildman–Crippen LogP) is 12.7. The Hall–Kier alpha value is -3.25. The van der Waals surface area contributed by atoms with Crippen LogP contribution < -0.4 is 0 Å². The maximum atomic E-state index is 12.2. The van der Waals surface area contributed by atoms with Gasteiger partial charge in [0, 0.05) is 59.7 Å². The number of aliphatic hydroxyl groups is 1. The predicted molar refractivity (Wildman–Crippen MR) is 197 cm³/mol. The number of furan rings is 2. The number of aromatic nitrogens is 1. The van der Waals surface area contributed by atoms with E-state index >= 15 is 0 Å². The molecule has 0 fully saturated rings. The van der Waals surface area contributed by atoms with E-state index in [0.717, 1.165) is 81.0 Å². The average molecular weight is 843 g/mol. The van der Waals surface area contributed by atoms with Crippen molar-refractivity contribution in [3.8, 4) is 11.3 Å². The van der Waals surface area contributed by atoms with E-state index in [2.05, 4.69) is 50.4 Å². The number of carbonyl (C=O) groups excluding carboxylic acids is 1.